The molecule has 0 spiro atoms. The zero-order chi connectivity index (χ0) is 15.6. The summed E-state index contributed by atoms with van der Waals surface area (Å²) in [7, 11) is 0. The lowest BCUT2D eigenvalue weighted by Gasteiger charge is -2.27. The monoisotopic (exact) mass is 306 g/mol. The highest BCUT2D eigenvalue weighted by Gasteiger charge is 2.31. The molecule has 0 radical (unpaired) electrons. The van der Waals surface area contributed by atoms with Crippen LogP contribution in [0.15, 0.2) is 54.6 Å². The van der Waals surface area contributed by atoms with E-state index < -0.39 is 0 Å². The molecule has 2 heterocycles. The van der Waals surface area contributed by atoms with E-state index in [0.717, 1.165) is 31.6 Å². The van der Waals surface area contributed by atoms with Gasteiger partial charge in [0.25, 0.3) is 0 Å². The van der Waals surface area contributed by atoms with Crippen LogP contribution in [0.25, 0.3) is 0 Å². The van der Waals surface area contributed by atoms with Crippen LogP contribution < -0.4 is 4.90 Å². The van der Waals surface area contributed by atoms with Gasteiger partial charge in [-0.25, -0.2) is 0 Å². The van der Waals surface area contributed by atoms with Crippen molar-refractivity contribution >= 4 is 11.6 Å². The zero-order valence-corrected chi connectivity index (χ0v) is 13.3. The summed E-state index contributed by atoms with van der Waals surface area (Å²) in [5.74, 6) is 0.234. The number of amides is 1. The van der Waals surface area contributed by atoms with Crippen LogP contribution in [0.5, 0.6) is 0 Å². The number of para-hydroxylation sites is 1. The van der Waals surface area contributed by atoms with Crippen molar-refractivity contribution in [2.24, 2.45) is 0 Å². The van der Waals surface area contributed by atoms with E-state index in [1.54, 1.807) is 0 Å². The van der Waals surface area contributed by atoms with Crippen LogP contribution in [-0.2, 0) is 11.2 Å². The molecule has 1 atom stereocenters. The van der Waals surface area contributed by atoms with Gasteiger partial charge in [-0.05, 0) is 43.0 Å². The molecule has 0 aliphatic carbocycles. The minimum atomic E-state index is 0.234. The molecule has 2 aromatic carbocycles. The van der Waals surface area contributed by atoms with Crippen LogP contribution in [0, 0.1) is 0 Å². The number of fused-ring (bicyclic) bond motifs is 1. The lowest BCUT2D eigenvalue weighted by Crippen LogP contribution is -2.39. The zero-order valence-electron chi connectivity index (χ0n) is 13.3. The van der Waals surface area contributed by atoms with Crippen LogP contribution in [0.2, 0.25) is 0 Å². The smallest absolute Gasteiger partial charge is 0.241 e. The Labute approximate surface area is 137 Å². The minimum Gasteiger partial charge on any atom is -0.311 e. The molecule has 0 saturated carbocycles. The third-order valence-electron chi connectivity index (χ3n) is 5.07. The summed E-state index contributed by atoms with van der Waals surface area (Å²) < 4.78 is 0. The van der Waals surface area contributed by atoms with Crippen molar-refractivity contribution in [3.8, 4) is 0 Å². The van der Waals surface area contributed by atoms with E-state index in [4.69, 9.17) is 0 Å². The molecule has 0 bridgehead atoms. The fourth-order valence-corrected chi connectivity index (χ4v) is 3.92. The maximum Gasteiger partial charge on any atom is 0.241 e. The number of carbonyl (C=O) groups is 1. The first-order valence-corrected chi connectivity index (χ1v) is 8.50. The number of anilines is 1. The maximum absolute atomic E-state index is 12.8. The Morgan fingerprint density at radius 1 is 1.00 bits per heavy atom. The number of rotatable bonds is 3. The molecule has 1 fully saturated rings. The van der Waals surface area contributed by atoms with Crippen LogP contribution in [0.3, 0.4) is 0 Å². The Bertz CT molecular complexity index is 698. The van der Waals surface area contributed by atoms with E-state index in [0.29, 0.717) is 12.6 Å². The summed E-state index contributed by atoms with van der Waals surface area (Å²) in [5.41, 5.74) is 3.73. The van der Waals surface area contributed by atoms with Crippen LogP contribution in [0.4, 0.5) is 5.69 Å². The molecule has 1 amide bonds. The maximum atomic E-state index is 12.8. The Balaban J connectivity index is 1.49. The van der Waals surface area contributed by atoms with Crippen molar-refractivity contribution in [2.75, 3.05) is 24.5 Å². The largest absolute Gasteiger partial charge is 0.311 e. The first-order chi connectivity index (χ1) is 11.3. The number of hydrogen-bond acceptors (Lipinski definition) is 2. The number of nitrogens with zero attached hydrogens (tertiary/aromatic N) is 2. The molecule has 1 saturated heterocycles. The molecule has 118 valence electrons. The molecule has 2 aliphatic heterocycles. The Morgan fingerprint density at radius 2 is 1.78 bits per heavy atom. The quantitative estimate of drug-likeness (QED) is 0.867. The van der Waals surface area contributed by atoms with Crippen molar-refractivity contribution in [1.29, 1.82) is 0 Å². The minimum absolute atomic E-state index is 0.234. The Hall–Kier alpha value is -2.13. The van der Waals surface area contributed by atoms with E-state index in [2.05, 4.69) is 53.4 Å². The molecule has 0 N–H and O–H groups in total. The highest BCUT2D eigenvalue weighted by molar-refractivity contribution is 5.96. The molecule has 0 aromatic heterocycles. The second kappa shape index (κ2) is 6.17. The fourth-order valence-electron chi connectivity index (χ4n) is 3.92. The predicted octanol–water partition coefficient (Wildman–Crippen LogP) is 3.41. The van der Waals surface area contributed by atoms with Crippen molar-refractivity contribution in [1.82, 2.24) is 4.90 Å². The van der Waals surface area contributed by atoms with Gasteiger partial charge >= 0.3 is 0 Å². The summed E-state index contributed by atoms with van der Waals surface area (Å²) in [4.78, 5) is 17.1. The SMILES string of the molecule is O=C(CN1CCCC1c1ccccc1)N1CCc2ccccc21. The van der Waals surface area contributed by atoms with Gasteiger partial charge in [-0.15, -0.1) is 0 Å². The van der Waals surface area contributed by atoms with Gasteiger partial charge in [0.1, 0.15) is 0 Å². The van der Waals surface area contributed by atoms with Crippen molar-refractivity contribution in [3.05, 3.63) is 65.7 Å². The molecule has 3 nitrogen and oxygen atoms in total. The van der Waals surface area contributed by atoms with Gasteiger partial charge in [0.15, 0.2) is 0 Å². The summed E-state index contributed by atoms with van der Waals surface area (Å²) in [6, 6.07) is 19.2. The van der Waals surface area contributed by atoms with E-state index >= 15 is 0 Å². The van der Waals surface area contributed by atoms with Gasteiger partial charge in [-0.2, -0.15) is 0 Å². The van der Waals surface area contributed by atoms with Gasteiger partial charge in [-0.3, -0.25) is 9.69 Å². The Kier molecular flexibility index (Phi) is 3.88. The summed E-state index contributed by atoms with van der Waals surface area (Å²) >= 11 is 0. The number of carbonyl (C=O) groups excluding carboxylic acids is 1. The van der Waals surface area contributed by atoms with E-state index in [1.807, 2.05) is 11.0 Å². The average Bonchev–Trinajstić information content (AvgIpc) is 3.22. The molecule has 23 heavy (non-hydrogen) atoms. The van der Waals surface area contributed by atoms with Gasteiger partial charge in [0.05, 0.1) is 6.54 Å². The van der Waals surface area contributed by atoms with Gasteiger partial charge in [-0.1, -0.05) is 48.5 Å². The van der Waals surface area contributed by atoms with E-state index in [9.17, 15) is 4.79 Å². The van der Waals surface area contributed by atoms with E-state index in [1.165, 1.54) is 17.5 Å². The molecule has 2 aromatic rings. The molecule has 3 heteroatoms. The molecule has 2 aliphatic rings. The van der Waals surface area contributed by atoms with Crippen LogP contribution >= 0.6 is 0 Å². The van der Waals surface area contributed by atoms with Gasteiger partial charge < -0.3 is 4.90 Å². The molecule has 4 rings (SSSR count). The fraction of sp³-hybridized carbons (Fsp3) is 0.350. The second-order valence-corrected chi connectivity index (χ2v) is 6.46. The number of benzene rings is 2. The normalized spacial score (nSPS) is 20.7. The van der Waals surface area contributed by atoms with Crippen LogP contribution in [-0.4, -0.2) is 30.4 Å². The summed E-state index contributed by atoms with van der Waals surface area (Å²) in [6.07, 6.45) is 3.29. The van der Waals surface area contributed by atoms with Crippen molar-refractivity contribution < 1.29 is 4.79 Å². The predicted molar refractivity (Wildman–Crippen MR) is 92.5 cm³/mol. The lowest BCUT2D eigenvalue weighted by atomic mass is 10.0. The third-order valence-corrected chi connectivity index (χ3v) is 5.07. The average molecular weight is 306 g/mol. The third kappa shape index (κ3) is 2.77. The standard InChI is InChI=1S/C20H22N2O/c23-20(22-14-12-17-9-4-5-10-19(17)22)15-21-13-6-11-18(21)16-7-2-1-3-8-16/h1-5,7-10,18H,6,11-15H2. The molecule has 1 unspecified atom stereocenters. The topological polar surface area (TPSA) is 23.6 Å². The van der Waals surface area contributed by atoms with Crippen molar-refractivity contribution in [3.63, 3.8) is 0 Å². The second-order valence-electron chi connectivity index (χ2n) is 6.46. The van der Waals surface area contributed by atoms with Crippen molar-refractivity contribution in [2.45, 2.75) is 25.3 Å². The first kappa shape index (κ1) is 14.5. The number of likely N-dealkylation sites (tertiary alicyclic amines) is 1. The summed E-state index contributed by atoms with van der Waals surface area (Å²) in [6.45, 7) is 2.36. The number of hydrogen-bond donors (Lipinski definition) is 0. The highest BCUT2D eigenvalue weighted by Crippen LogP contribution is 2.33. The molecular weight excluding hydrogens is 284 g/mol. The lowest BCUT2D eigenvalue weighted by molar-refractivity contribution is -0.119. The van der Waals surface area contributed by atoms with E-state index in [-0.39, 0.29) is 5.91 Å². The van der Waals surface area contributed by atoms with Crippen LogP contribution in [0.1, 0.15) is 30.0 Å². The molecular formula is C20H22N2O. The van der Waals surface area contributed by atoms with Gasteiger partial charge in [0.2, 0.25) is 5.91 Å². The first-order valence-electron chi connectivity index (χ1n) is 8.50. The Morgan fingerprint density at radius 3 is 2.65 bits per heavy atom. The summed E-state index contributed by atoms with van der Waals surface area (Å²) in [5, 5.41) is 0. The van der Waals surface area contributed by atoms with Gasteiger partial charge in [0, 0.05) is 18.3 Å². The highest BCUT2D eigenvalue weighted by atomic mass is 16.2.